The van der Waals surface area contributed by atoms with E-state index >= 15 is 0 Å². The molecule has 8 nitrogen and oxygen atoms in total. The normalized spacial score (nSPS) is 28.6. The summed E-state index contributed by atoms with van der Waals surface area (Å²) in [6.45, 7) is 6.83. The summed E-state index contributed by atoms with van der Waals surface area (Å²) in [6.07, 6.45) is 5.31. The predicted octanol–water partition coefficient (Wildman–Crippen LogP) is 0.428. The van der Waals surface area contributed by atoms with Gasteiger partial charge in [-0.15, -0.1) is 0 Å². The highest BCUT2D eigenvalue weighted by molar-refractivity contribution is 5.83. The Hall–Kier alpha value is -1.83. The highest BCUT2D eigenvalue weighted by Crippen LogP contribution is 2.26. The molecular formula is C19H33N5O3. The summed E-state index contributed by atoms with van der Waals surface area (Å²) in [5.41, 5.74) is 0. The van der Waals surface area contributed by atoms with Crippen molar-refractivity contribution in [2.75, 3.05) is 26.2 Å². The highest BCUT2D eigenvalue weighted by atomic mass is 16.2. The van der Waals surface area contributed by atoms with Gasteiger partial charge in [0.1, 0.15) is 0 Å². The minimum Gasteiger partial charge on any atom is -0.353 e. The van der Waals surface area contributed by atoms with Crippen LogP contribution in [0.1, 0.15) is 52.4 Å². The third kappa shape index (κ3) is 5.12. The van der Waals surface area contributed by atoms with Crippen LogP contribution in [0.15, 0.2) is 0 Å². The molecular weight excluding hydrogens is 346 g/mol. The molecule has 3 saturated heterocycles. The van der Waals surface area contributed by atoms with Crippen LogP contribution in [0.25, 0.3) is 0 Å². The van der Waals surface area contributed by atoms with E-state index in [-0.39, 0.29) is 42.0 Å². The number of piperidine rings is 1. The second-order valence-corrected chi connectivity index (χ2v) is 8.30. The zero-order chi connectivity index (χ0) is 19.4. The third-order valence-corrected chi connectivity index (χ3v) is 5.78. The van der Waals surface area contributed by atoms with Gasteiger partial charge in [0.25, 0.3) is 0 Å². The van der Waals surface area contributed by atoms with E-state index in [1.807, 2.05) is 18.7 Å². The Balaban J connectivity index is 1.52. The van der Waals surface area contributed by atoms with E-state index in [1.165, 1.54) is 6.42 Å². The van der Waals surface area contributed by atoms with Crippen molar-refractivity contribution in [1.82, 2.24) is 25.8 Å². The summed E-state index contributed by atoms with van der Waals surface area (Å²) < 4.78 is 0. The lowest BCUT2D eigenvalue weighted by atomic mass is 10.0. The van der Waals surface area contributed by atoms with Gasteiger partial charge in [-0.1, -0.05) is 0 Å². The second-order valence-electron chi connectivity index (χ2n) is 8.30. The van der Waals surface area contributed by atoms with E-state index in [4.69, 9.17) is 0 Å². The number of fused-ring (bicyclic) bond motifs is 1. The minimum atomic E-state index is -0.210. The molecule has 27 heavy (non-hydrogen) atoms. The Bertz CT molecular complexity index is 562. The number of nitrogens with one attached hydrogen (secondary N) is 3. The molecule has 0 radical (unpaired) electrons. The van der Waals surface area contributed by atoms with Gasteiger partial charge in [-0.05, 0) is 46.0 Å². The van der Waals surface area contributed by atoms with Crippen molar-refractivity contribution in [2.24, 2.45) is 0 Å². The second kappa shape index (κ2) is 8.91. The van der Waals surface area contributed by atoms with Crippen molar-refractivity contribution < 1.29 is 14.4 Å². The smallest absolute Gasteiger partial charge is 0.315 e. The third-order valence-electron chi connectivity index (χ3n) is 5.78. The number of carbonyl (C=O) groups is 3. The number of urea groups is 1. The molecule has 3 rings (SSSR count). The number of rotatable bonds is 5. The van der Waals surface area contributed by atoms with Crippen molar-refractivity contribution in [2.45, 2.75) is 76.5 Å². The summed E-state index contributed by atoms with van der Waals surface area (Å²) in [5, 5.41) is 8.79. The van der Waals surface area contributed by atoms with Gasteiger partial charge >= 0.3 is 6.03 Å². The summed E-state index contributed by atoms with van der Waals surface area (Å²) in [5.74, 6) is 0.260. The van der Waals surface area contributed by atoms with Gasteiger partial charge in [0.05, 0.1) is 6.04 Å². The maximum absolute atomic E-state index is 12.5. The molecule has 3 heterocycles. The topological polar surface area (TPSA) is 93.8 Å². The van der Waals surface area contributed by atoms with Gasteiger partial charge in [0.15, 0.2) is 0 Å². The molecule has 0 spiro atoms. The van der Waals surface area contributed by atoms with Crippen molar-refractivity contribution >= 4 is 17.8 Å². The zero-order valence-corrected chi connectivity index (χ0v) is 16.5. The fraction of sp³-hybridized carbons (Fsp3) is 0.842. The maximum Gasteiger partial charge on any atom is 0.315 e. The van der Waals surface area contributed by atoms with Gasteiger partial charge in [0, 0.05) is 50.7 Å². The summed E-state index contributed by atoms with van der Waals surface area (Å²) in [7, 11) is 0. The lowest BCUT2D eigenvalue weighted by Crippen LogP contribution is -2.58. The van der Waals surface area contributed by atoms with E-state index in [9.17, 15) is 14.4 Å². The molecule has 8 heteroatoms. The quantitative estimate of drug-likeness (QED) is 0.646. The summed E-state index contributed by atoms with van der Waals surface area (Å²) >= 11 is 0. The van der Waals surface area contributed by atoms with Gasteiger partial charge in [-0.3, -0.25) is 14.5 Å². The first-order valence-electron chi connectivity index (χ1n) is 10.3. The molecule has 0 unspecified atom stereocenters. The van der Waals surface area contributed by atoms with Gasteiger partial charge < -0.3 is 20.9 Å². The Morgan fingerprint density at radius 1 is 1.22 bits per heavy atom. The molecule has 0 aliphatic carbocycles. The van der Waals surface area contributed by atoms with E-state index < -0.39 is 0 Å². The van der Waals surface area contributed by atoms with Crippen molar-refractivity contribution in [3.63, 3.8) is 0 Å². The fourth-order valence-corrected chi connectivity index (χ4v) is 4.43. The average Bonchev–Trinajstić information content (AvgIpc) is 3.05. The first-order valence-corrected chi connectivity index (χ1v) is 10.3. The zero-order valence-electron chi connectivity index (χ0n) is 16.5. The molecule has 152 valence electrons. The Morgan fingerprint density at radius 2 is 1.96 bits per heavy atom. The summed E-state index contributed by atoms with van der Waals surface area (Å²) in [6, 6.07) is -0.213. The predicted molar refractivity (Wildman–Crippen MR) is 102 cm³/mol. The van der Waals surface area contributed by atoms with Crippen LogP contribution < -0.4 is 16.0 Å². The van der Waals surface area contributed by atoms with Crippen LogP contribution in [0, 0.1) is 0 Å². The SMILES string of the molecule is CC(C)NC(=O)N[C@H]1C[C@H]2C(=O)NC[C@@H](CCC(=O)N3CCCCC3)N2C1. The number of amides is 4. The van der Waals surface area contributed by atoms with Gasteiger partial charge in [-0.25, -0.2) is 4.79 Å². The molecule has 3 aliphatic heterocycles. The van der Waals surface area contributed by atoms with Crippen LogP contribution >= 0.6 is 0 Å². The standard InChI is InChI=1S/C19H33N5O3/c1-13(2)21-19(27)22-14-10-16-18(26)20-11-15(24(16)12-14)6-7-17(25)23-8-4-3-5-9-23/h13-16H,3-12H2,1-2H3,(H,20,26)(H2,21,22,27)/t14-,15+,16-/m0/s1. The fourth-order valence-electron chi connectivity index (χ4n) is 4.43. The lowest BCUT2D eigenvalue weighted by Gasteiger charge is -2.37. The van der Waals surface area contributed by atoms with Crippen LogP contribution in [0.4, 0.5) is 4.79 Å². The molecule has 0 bridgehead atoms. The van der Waals surface area contributed by atoms with Crippen LogP contribution in [-0.4, -0.2) is 78.0 Å². The van der Waals surface area contributed by atoms with Crippen molar-refractivity contribution in [3.8, 4) is 0 Å². The number of hydrogen-bond donors (Lipinski definition) is 3. The molecule has 3 fully saturated rings. The van der Waals surface area contributed by atoms with Crippen LogP contribution in [0.5, 0.6) is 0 Å². The Morgan fingerprint density at radius 3 is 2.67 bits per heavy atom. The Labute approximate surface area is 161 Å². The van der Waals surface area contributed by atoms with E-state index in [1.54, 1.807) is 0 Å². The Kier molecular flexibility index (Phi) is 6.57. The van der Waals surface area contributed by atoms with Crippen molar-refractivity contribution in [1.29, 1.82) is 0 Å². The van der Waals surface area contributed by atoms with Crippen molar-refractivity contribution in [3.05, 3.63) is 0 Å². The molecule has 4 amide bonds. The monoisotopic (exact) mass is 379 g/mol. The minimum absolute atomic E-state index is 0.0298. The molecule has 0 aromatic carbocycles. The van der Waals surface area contributed by atoms with Gasteiger partial charge in [0.2, 0.25) is 11.8 Å². The number of carbonyl (C=O) groups excluding carboxylic acids is 3. The van der Waals surface area contributed by atoms with Crippen LogP contribution in [0.3, 0.4) is 0 Å². The molecule has 3 N–H and O–H groups in total. The lowest BCUT2D eigenvalue weighted by molar-refractivity contribution is -0.133. The first kappa shape index (κ1) is 19.9. The van der Waals surface area contributed by atoms with E-state index in [0.29, 0.717) is 25.9 Å². The molecule has 3 aliphatic rings. The number of hydrogen-bond acceptors (Lipinski definition) is 4. The average molecular weight is 380 g/mol. The molecule has 3 atom stereocenters. The number of piperazine rings is 1. The van der Waals surface area contributed by atoms with Crippen LogP contribution in [0.2, 0.25) is 0 Å². The number of nitrogens with zero attached hydrogens (tertiary/aromatic N) is 2. The number of likely N-dealkylation sites (tertiary alicyclic amines) is 1. The molecule has 0 saturated carbocycles. The largest absolute Gasteiger partial charge is 0.353 e. The highest BCUT2D eigenvalue weighted by Gasteiger charge is 2.43. The van der Waals surface area contributed by atoms with Crippen LogP contribution in [-0.2, 0) is 9.59 Å². The van der Waals surface area contributed by atoms with E-state index in [2.05, 4.69) is 20.9 Å². The van der Waals surface area contributed by atoms with E-state index in [0.717, 1.165) is 32.4 Å². The molecule has 0 aromatic rings. The van der Waals surface area contributed by atoms with Gasteiger partial charge in [-0.2, -0.15) is 0 Å². The first-order chi connectivity index (χ1) is 12.9. The maximum atomic E-state index is 12.5. The summed E-state index contributed by atoms with van der Waals surface area (Å²) in [4.78, 5) is 40.9. The molecule has 0 aromatic heterocycles.